The first kappa shape index (κ1) is 21.7. The topological polar surface area (TPSA) is 79.2 Å². The highest BCUT2D eigenvalue weighted by molar-refractivity contribution is 5.67. The summed E-state index contributed by atoms with van der Waals surface area (Å²) in [6.07, 6.45) is 0. The van der Waals surface area contributed by atoms with Crippen LogP contribution in [-0.4, -0.2) is 21.9 Å². The average Bonchev–Trinajstić information content (AvgIpc) is 2.79. The number of hydrogen-bond acceptors (Lipinski definition) is 5. The van der Waals surface area contributed by atoms with Gasteiger partial charge in [-0.2, -0.15) is 0 Å². The zero-order chi connectivity index (χ0) is 22.1. The minimum atomic E-state index is 0.212. The monoisotopic (exact) mass is 416 g/mol. The number of rotatable bonds is 5. The van der Waals surface area contributed by atoms with Crippen molar-refractivity contribution in [2.45, 2.75) is 6.92 Å². The van der Waals surface area contributed by atoms with Crippen molar-refractivity contribution in [1.82, 2.24) is 0 Å². The highest BCUT2D eigenvalue weighted by Crippen LogP contribution is 2.29. The van der Waals surface area contributed by atoms with E-state index in [2.05, 4.69) is 0 Å². The van der Waals surface area contributed by atoms with Crippen molar-refractivity contribution >= 4 is 0 Å². The summed E-state index contributed by atoms with van der Waals surface area (Å²) in [5.74, 6) is 1.51. The Balaban J connectivity index is 0.000000858. The van der Waals surface area contributed by atoms with E-state index >= 15 is 0 Å². The van der Waals surface area contributed by atoms with E-state index in [-0.39, 0.29) is 18.1 Å². The molecule has 4 aromatic rings. The second kappa shape index (κ2) is 10.7. The van der Waals surface area contributed by atoms with Gasteiger partial charge in [0.15, 0.2) is 11.5 Å². The van der Waals surface area contributed by atoms with E-state index in [1.165, 1.54) is 0 Å². The van der Waals surface area contributed by atoms with Crippen LogP contribution in [0.5, 0.6) is 23.0 Å². The van der Waals surface area contributed by atoms with E-state index in [9.17, 15) is 10.2 Å². The van der Waals surface area contributed by atoms with Crippen LogP contribution in [0.2, 0.25) is 0 Å². The van der Waals surface area contributed by atoms with E-state index in [4.69, 9.17) is 14.9 Å². The van der Waals surface area contributed by atoms with Crippen molar-refractivity contribution in [3.05, 3.63) is 97.1 Å². The molecule has 0 heterocycles. The highest BCUT2D eigenvalue weighted by atomic mass is 17.2. The Morgan fingerprint density at radius 3 is 1.23 bits per heavy atom. The van der Waals surface area contributed by atoms with Gasteiger partial charge in [-0.3, -0.25) is 9.78 Å². The van der Waals surface area contributed by atoms with Gasteiger partial charge in [-0.25, -0.2) is 0 Å². The molecule has 0 saturated carbocycles. The Hall–Kier alpha value is -3.96. The fraction of sp³-hybridized carbons (Fsp3) is 0.0769. The molecule has 0 saturated heterocycles. The van der Waals surface area contributed by atoms with Crippen molar-refractivity contribution in [3.63, 3.8) is 0 Å². The standard InChI is InChI=1S/C24H18O4.C2H6O/c25-21-9-1-5-17(13-21)19-7-3-11-23(15-19)27-28-24-12-4-8-20(16-24)18-6-2-10-22(26)14-18;1-2-3/h1-16,25-26H;3H,2H2,1H3. The van der Waals surface area contributed by atoms with Crippen molar-refractivity contribution < 1.29 is 25.1 Å². The molecule has 0 unspecified atom stereocenters. The normalized spacial score (nSPS) is 10.0. The lowest BCUT2D eigenvalue weighted by molar-refractivity contribution is -0.0998. The highest BCUT2D eigenvalue weighted by Gasteiger charge is 2.05. The van der Waals surface area contributed by atoms with Gasteiger partial charge < -0.3 is 15.3 Å². The van der Waals surface area contributed by atoms with Gasteiger partial charge in [-0.1, -0.05) is 48.5 Å². The molecule has 4 rings (SSSR count). The fourth-order valence-corrected chi connectivity index (χ4v) is 2.92. The quantitative estimate of drug-likeness (QED) is 0.283. The predicted octanol–water partition coefficient (Wildman–Crippen LogP) is 5.80. The van der Waals surface area contributed by atoms with Gasteiger partial charge >= 0.3 is 0 Å². The van der Waals surface area contributed by atoms with Crippen LogP contribution in [0.3, 0.4) is 0 Å². The maximum Gasteiger partial charge on any atom is 0.179 e. The minimum Gasteiger partial charge on any atom is -0.508 e. The van der Waals surface area contributed by atoms with Crippen LogP contribution in [0, 0.1) is 0 Å². The summed E-state index contributed by atoms with van der Waals surface area (Å²) in [6.45, 7) is 1.93. The Labute approximate surface area is 181 Å². The molecule has 0 aliphatic heterocycles. The van der Waals surface area contributed by atoms with Crippen LogP contribution in [0.4, 0.5) is 0 Å². The lowest BCUT2D eigenvalue weighted by atomic mass is 10.1. The molecular weight excluding hydrogens is 392 g/mol. The van der Waals surface area contributed by atoms with Crippen molar-refractivity contribution in [1.29, 1.82) is 0 Å². The molecule has 0 aliphatic rings. The number of aliphatic hydroxyl groups is 1. The minimum absolute atomic E-state index is 0.212. The van der Waals surface area contributed by atoms with E-state index in [1.807, 2.05) is 48.5 Å². The Kier molecular flexibility index (Phi) is 7.51. The zero-order valence-electron chi connectivity index (χ0n) is 17.1. The SMILES string of the molecule is CCO.Oc1cccc(-c2cccc(OOc3cccc(-c4cccc(O)c4)c3)c2)c1. The Morgan fingerprint density at radius 1 is 0.548 bits per heavy atom. The number of aliphatic hydroxyl groups excluding tert-OH is 1. The van der Waals surface area contributed by atoms with Crippen molar-refractivity contribution in [2.75, 3.05) is 6.61 Å². The summed E-state index contributed by atoms with van der Waals surface area (Å²) >= 11 is 0. The van der Waals surface area contributed by atoms with Gasteiger partial charge in [0.25, 0.3) is 0 Å². The van der Waals surface area contributed by atoms with Gasteiger partial charge in [-0.15, -0.1) is 0 Å². The Morgan fingerprint density at radius 2 is 0.871 bits per heavy atom. The third-order valence-corrected chi connectivity index (χ3v) is 4.26. The van der Waals surface area contributed by atoms with Crippen LogP contribution in [-0.2, 0) is 0 Å². The van der Waals surface area contributed by atoms with Crippen LogP contribution < -0.4 is 9.78 Å². The third-order valence-electron chi connectivity index (χ3n) is 4.26. The molecule has 0 atom stereocenters. The lowest BCUT2D eigenvalue weighted by Crippen LogP contribution is -2.00. The molecule has 0 amide bonds. The first-order valence-electron chi connectivity index (χ1n) is 9.83. The van der Waals surface area contributed by atoms with E-state index < -0.39 is 0 Å². The van der Waals surface area contributed by atoms with Gasteiger partial charge in [0.2, 0.25) is 0 Å². The third kappa shape index (κ3) is 6.26. The van der Waals surface area contributed by atoms with E-state index in [1.54, 1.807) is 55.5 Å². The van der Waals surface area contributed by atoms with Crippen LogP contribution >= 0.6 is 0 Å². The number of benzene rings is 4. The summed E-state index contributed by atoms with van der Waals surface area (Å²) in [7, 11) is 0. The molecule has 5 heteroatoms. The van der Waals surface area contributed by atoms with Gasteiger partial charge in [0, 0.05) is 6.61 Å². The maximum absolute atomic E-state index is 9.66. The summed E-state index contributed by atoms with van der Waals surface area (Å²) in [5, 5.41) is 26.9. The first-order valence-corrected chi connectivity index (χ1v) is 9.83. The van der Waals surface area contributed by atoms with Crippen LogP contribution in [0.15, 0.2) is 97.1 Å². The summed E-state index contributed by atoms with van der Waals surface area (Å²) in [6, 6.07) is 28.9. The summed E-state index contributed by atoms with van der Waals surface area (Å²) in [4.78, 5) is 11.0. The van der Waals surface area contributed by atoms with Crippen LogP contribution in [0.1, 0.15) is 6.92 Å². The number of phenolic OH excluding ortho intramolecular Hbond substituents is 2. The molecule has 0 aromatic heterocycles. The molecule has 0 spiro atoms. The van der Waals surface area contributed by atoms with Gasteiger partial charge in [0.1, 0.15) is 11.5 Å². The molecule has 4 aromatic carbocycles. The molecule has 158 valence electrons. The van der Waals surface area contributed by atoms with Gasteiger partial charge in [-0.05, 0) is 77.7 Å². The summed E-state index contributed by atoms with van der Waals surface area (Å²) in [5.41, 5.74) is 3.59. The zero-order valence-corrected chi connectivity index (χ0v) is 17.1. The molecular formula is C26H24O5. The Bertz CT molecular complexity index is 1030. The second-order valence-electron chi connectivity index (χ2n) is 6.64. The fourth-order valence-electron chi connectivity index (χ4n) is 2.92. The molecule has 5 nitrogen and oxygen atoms in total. The predicted molar refractivity (Wildman–Crippen MR) is 121 cm³/mol. The lowest BCUT2D eigenvalue weighted by Gasteiger charge is -2.09. The van der Waals surface area contributed by atoms with E-state index in [0.717, 1.165) is 22.3 Å². The molecule has 0 fully saturated rings. The smallest absolute Gasteiger partial charge is 0.179 e. The number of phenols is 2. The molecule has 0 radical (unpaired) electrons. The molecule has 31 heavy (non-hydrogen) atoms. The first-order chi connectivity index (χ1) is 15.1. The number of aromatic hydroxyl groups is 2. The largest absolute Gasteiger partial charge is 0.508 e. The van der Waals surface area contributed by atoms with Crippen molar-refractivity contribution in [3.8, 4) is 45.3 Å². The van der Waals surface area contributed by atoms with Crippen LogP contribution in [0.25, 0.3) is 22.3 Å². The van der Waals surface area contributed by atoms with E-state index in [0.29, 0.717) is 11.5 Å². The number of hydrogen-bond donors (Lipinski definition) is 3. The molecule has 0 bridgehead atoms. The summed E-state index contributed by atoms with van der Waals surface area (Å²) < 4.78 is 0. The maximum atomic E-state index is 9.66. The molecule has 0 aliphatic carbocycles. The van der Waals surface area contributed by atoms with Crippen molar-refractivity contribution in [2.24, 2.45) is 0 Å². The average molecular weight is 416 g/mol. The second-order valence-corrected chi connectivity index (χ2v) is 6.64. The van der Waals surface area contributed by atoms with Gasteiger partial charge in [0.05, 0.1) is 0 Å². The molecule has 3 N–H and O–H groups in total.